The van der Waals surface area contributed by atoms with Crippen molar-refractivity contribution in [1.82, 2.24) is 5.32 Å². The first-order valence-electron chi connectivity index (χ1n) is 5.13. The molecule has 6 nitrogen and oxygen atoms in total. The minimum Gasteiger partial charge on any atom is -0.399 e. The maximum Gasteiger partial charge on any atom is 0.250 e. The van der Waals surface area contributed by atoms with Gasteiger partial charge in [0.25, 0.3) is 5.91 Å². The van der Waals surface area contributed by atoms with E-state index in [-0.39, 0.29) is 5.91 Å². The molecule has 0 bridgehead atoms. The first kappa shape index (κ1) is 12.8. The number of nitrogens with one attached hydrogen (secondary N) is 2. The molecule has 0 heterocycles. The molecule has 0 fully saturated rings. The molecule has 0 aromatic heterocycles. The quantitative estimate of drug-likeness (QED) is 0.548. The summed E-state index contributed by atoms with van der Waals surface area (Å²) in [4.78, 5) is 22.6. The van der Waals surface area contributed by atoms with Gasteiger partial charge in [0.15, 0.2) is 0 Å². The number of nitrogens with two attached hydrogens (primary N) is 2. The number of rotatable bonds is 4. The van der Waals surface area contributed by atoms with Crippen LogP contribution in [0, 0.1) is 0 Å². The number of carbonyl (C=O) groups excluding carboxylic acids is 2. The van der Waals surface area contributed by atoms with Crippen molar-refractivity contribution < 1.29 is 9.59 Å². The highest BCUT2D eigenvalue weighted by Crippen LogP contribution is 2.19. The van der Waals surface area contributed by atoms with Crippen LogP contribution in [0.15, 0.2) is 18.2 Å². The number of hydrogen-bond acceptors (Lipinski definition) is 4. The Labute approximate surface area is 99.4 Å². The van der Waals surface area contributed by atoms with E-state index in [1.54, 1.807) is 19.1 Å². The summed E-state index contributed by atoms with van der Waals surface area (Å²) in [6, 6.07) is 4.19. The molecule has 1 rings (SSSR count). The molecule has 0 spiro atoms. The summed E-state index contributed by atoms with van der Waals surface area (Å²) in [6.07, 6.45) is 0. The molecule has 0 saturated carbocycles. The molecule has 92 valence electrons. The van der Waals surface area contributed by atoms with Gasteiger partial charge in [0.2, 0.25) is 5.91 Å². The summed E-state index contributed by atoms with van der Waals surface area (Å²) in [5, 5.41) is 5.39. The molecule has 1 atom stereocenters. The summed E-state index contributed by atoms with van der Waals surface area (Å²) in [6.45, 7) is 1.67. The number of amides is 2. The Morgan fingerprint density at radius 2 is 2.00 bits per heavy atom. The predicted octanol–water partition coefficient (Wildman–Crippen LogP) is -0.0859. The maximum atomic E-state index is 11.4. The third-order valence-corrected chi connectivity index (χ3v) is 2.32. The van der Waals surface area contributed by atoms with Crippen LogP contribution in [0.25, 0.3) is 0 Å². The summed E-state index contributed by atoms with van der Waals surface area (Å²) in [5.41, 5.74) is 12.1. The van der Waals surface area contributed by atoms with Crippen LogP contribution in [0.2, 0.25) is 0 Å². The van der Waals surface area contributed by atoms with E-state index < -0.39 is 11.9 Å². The Hall–Kier alpha value is -2.24. The number of hydrogen-bond donors (Lipinski definition) is 4. The van der Waals surface area contributed by atoms with Crippen LogP contribution in [0.3, 0.4) is 0 Å². The van der Waals surface area contributed by atoms with E-state index in [0.29, 0.717) is 16.9 Å². The van der Waals surface area contributed by atoms with Gasteiger partial charge in [-0.25, -0.2) is 0 Å². The first-order chi connectivity index (χ1) is 7.95. The number of anilines is 2. The van der Waals surface area contributed by atoms with Crippen molar-refractivity contribution in [2.24, 2.45) is 5.73 Å². The second-order valence-electron chi connectivity index (χ2n) is 3.65. The van der Waals surface area contributed by atoms with Crippen LogP contribution < -0.4 is 22.1 Å². The standard InChI is InChI=1S/C11H16N4O2/c1-6(11(17)14-2)15-9-5-7(12)3-4-8(9)10(13)16/h3-6,15H,12H2,1-2H3,(H2,13,16)(H,14,17). The Balaban J connectivity index is 3.00. The number of carbonyl (C=O) groups is 2. The first-order valence-corrected chi connectivity index (χ1v) is 5.13. The van der Waals surface area contributed by atoms with E-state index in [2.05, 4.69) is 10.6 Å². The zero-order valence-corrected chi connectivity index (χ0v) is 9.78. The zero-order valence-electron chi connectivity index (χ0n) is 9.78. The average molecular weight is 236 g/mol. The van der Waals surface area contributed by atoms with E-state index in [0.717, 1.165) is 0 Å². The monoisotopic (exact) mass is 236 g/mol. The number of likely N-dealkylation sites (N-methyl/N-ethyl adjacent to an activating group) is 1. The van der Waals surface area contributed by atoms with E-state index in [4.69, 9.17) is 11.5 Å². The molecule has 0 aliphatic carbocycles. The molecule has 1 aromatic rings. The largest absolute Gasteiger partial charge is 0.399 e. The van der Waals surface area contributed by atoms with Gasteiger partial charge in [-0.05, 0) is 25.1 Å². The lowest BCUT2D eigenvalue weighted by Crippen LogP contribution is -2.35. The molecule has 0 radical (unpaired) electrons. The highest BCUT2D eigenvalue weighted by Gasteiger charge is 2.14. The Morgan fingerprint density at radius 1 is 1.35 bits per heavy atom. The van der Waals surface area contributed by atoms with E-state index >= 15 is 0 Å². The maximum absolute atomic E-state index is 11.4. The number of primary amides is 1. The molecule has 0 aliphatic heterocycles. The molecule has 0 saturated heterocycles. The van der Waals surface area contributed by atoms with Crippen LogP contribution in [0.5, 0.6) is 0 Å². The van der Waals surface area contributed by atoms with Crippen molar-refractivity contribution in [1.29, 1.82) is 0 Å². The van der Waals surface area contributed by atoms with Crippen LogP contribution in [-0.4, -0.2) is 24.9 Å². The molecule has 2 amide bonds. The second-order valence-corrected chi connectivity index (χ2v) is 3.65. The van der Waals surface area contributed by atoms with Crippen LogP contribution in [0.4, 0.5) is 11.4 Å². The van der Waals surface area contributed by atoms with Crippen molar-refractivity contribution in [2.75, 3.05) is 18.1 Å². The van der Waals surface area contributed by atoms with Crippen molar-refractivity contribution >= 4 is 23.2 Å². The smallest absolute Gasteiger partial charge is 0.250 e. The van der Waals surface area contributed by atoms with E-state index in [1.807, 2.05) is 0 Å². The van der Waals surface area contributed by atoms with Crippen molar-refractivity contribution in [3.8, 4) is 0 Å². The van der Waals surface area contributed by atoms with Gasteiger partial charge in [-0.2, -0.15) is 0 Å². The van der Waals surface area contributed by atoms with Crippen molar-refractivity contribution in [3.05, 3.63) is 23.8 Å². The van der Waals surface area contributed by atoms with Gasteiger partial charge in [-0.15, -0.1) is 0 Å². The second kappa shape index (κ2) is 5.20. The minimum atomic E-state index is -0.573. The third-order valence-electron chi connectivity index (χ3n) is 2.32. The molecule has 1 unspecified atom stereocenters. The van der Waals surface area contributed by atoms with E-state index in [9.17, 15) is 9.59 Å². The molecular weight excluding hydrogens is 220 g/mol. The lowest BCUT2D eigenvalue weighted by atomic mass is 10.1. The summed E-state index contributed by atoms with van der Waals surface area (Å²) < 4.78 is 0. The number of nitrogen functional groups attached to an aromatic ring is 1. The molecule has 1 aromatic carbocycles. The highest BCUT2D eigenvalue weighted by atomic mass is 16.2. The molecule has 6 heteroatoms. The van der Waals surface area contributed by atoms with Gasteiger partial charge < -0.3 is 22.1 Å². The van der Waals surface area contributed by atoms with Crippen LogP contribution >= 0.6 is 0 Å². The van der Waals surface area contributed by atoms with Gasteiger partial charge in [0.1, 0.15) is 6.04 Å². The molecule has 17 heavy (non-hydrogen) atoms. The Kier molecular flexibility index (Phi) is 3.92. The third kappa shape index (κ3) is 3.10. The van der Waals surface area contributed by atoms with Gasteiger partial charge in [-0.1, -0.05) is 0 Å². The Bertz CT molecular complexity index is 445. The average Bonchev–Trinajstić information content (AvgIpc) is 2.27. The van der Waals surface area contributed by atoms with E-state index in [1.165, 1.54) is 13.1 Å². The van der Waals surface area contributed by atoms with Gasteiger partial charge >= 0.3 is 0 Å². The summed E-state index contributed by atoms with van der Waals surface area (Å²) >= 11 is 0. The zero-order chi connectivity index (χ0) is 13.0. The fraction of sp³-hybridized carbons (Fsp3) is 0.273. The fourth-order valence-corrected chi connectivity index (χ4v) is 1.41. The SMILES string of the molecule is CNC(=O)C(C)Nc1cc(N)ccc1C(N)=O. The van der Waals surface area contributed by atoms with Crippen LogP contribution in [0.1, 0.15) is 17.3 Å². The molecular formula is C11H16N4O2. The van der Waals surface area contributed by atoms with Crippen molar-refractivity contribution in [2.45, 2.75) is 13.0 Å². The highest BCUT2D eigenvalue weighted by molar-refractivity contribution is 5.99. The predicted molar refractivity (Wildman–Crippen MR) is 66.5 cm³/mol. The lowest BCUT2D eigenvalue weighted by molar-refractivity contribution is -0.121. The fourth-order valence-electron chi connectivity index (χ4n) is 1.41. The molecule has 0 aliphatic rings. The van der Waals surface area contributed by atoms with Gasteiger partial charge in [0, 0.05) is 18.4 Å². The lowest BCUT2D eigenvalue weighted by Gasteiger charge is -2.16. The topological polar surface area (TPSA) is 110 Å². The van der Waals surface area contributed by atoms with Gasteiger partial charge in [0.05, 0.1) is 5.56 Å². The Morgan fingerprint density at radius 3 is 2.53 bits per heavy atom. The number of benzene rings is 1. The minimum absolute atomic E-state index is 0.192. The molecule has 6 N–H and O–H groups in total. The van der Waals surface area contributed by atoms with Crippen molar-refractivity contribution in [3.63, 3.8) is 0 Å². The summed E-state index contributed by atoms with van der Waals surface area (Å²) in [5.74, 6) is -0.764. The summed E-state index contributed by atoms with van der Waals surface area (Å²) in [7, 11) is 1.54. The van der Waals surface area contributed by atoms with Crippen LogP contribution in [-0.2, 0) is 4.79 Å². The normalized spacial score (nSPS) is 11.6. The van der Waals surface area contributed by atoms with Gasteiger partial charge in [-0.3, -0.25) is 9.59 Å².